The SMILES string of the molecule is CC(C)(C)OC(=O)NC1CCC(OC(=O)Nc2cc(CCCC(=O)NCc3ccc(CNC[C@H](O[Si](C)(C)C(C)(C)C)c4ccc(O)c5[nH]c(=O)ccc45)cc3)ccc2-c2ccccc2)CC1. The van der Waals surface area contributed by atoms with E-state index < -0.39 is 26.1 Å². The molecular formula is C53H69N5O8Si. The summed E-state index contributed by atoms with van der Waals surface area (Å²) >= 11 is 0. The van der Waals surface area contributed by atoms with Crippen LogP contribution >= 0.6 is 0 Å². The van der Waals surface area contributed by atoms with E-state index in [0.29, 0.717) is 75.8 Å². The van der Waals surface area contributed by atoms with Crippen LogP contribution < -0.4 is 26.8 Å². The second kappa shape index (κ2) is 22.2. The molecule has 14 heteroatoms. The van der Waals surface area contributed by atoms with Gasteiger partial charge in [-0.05, 0) is 123 Å². The molecule has 5 aromatic rings. The fraction of sp³-hybridized carbons (Fsp3) is 0.434. The maximum Gasteiger partial charge on any atom is 0.411 e. The van der Waals surface area contributed by atoms with Crippen LogP contribution in [0.25, 0.3) is 22.0 Å². The van der Waals surface area contributed by atoms with Crippen molar-refractivity contribution in [3.05, 3.63) is 130 Å². The molecule has 67 heavy (non-hydrogen) atoms. The molecule has 4 aromatic carbocycles. The molecule has 1 aliphatic rings. The minimum absolute atomic E-state index is 0.0182. The molecule has 1 aliphatic carbocycles. The maximum atomic E-state index is 13.2. The summed E-state index contributed by atoms with van der Waals surface area (Å²) in [6.07, 6.45) is 2.72. The van der Waals surface area contributed by atoms with Gasteiger partial charge in [0.1, 0.15) is 17.5 Å². The number of H-pyrrole nitrogens is 1. The standard InChI is InChI=1S/C53H69N5O8Si/c1-52(2,3)65-51(63)56-39-22-24-40(25-23-39)64-50(62)57-44-31-35(21-26-41(44)38-14-10-9-11-15-38)13-12-16-47(60)55-33-37-19-17-36(18-20-37)32-54-34-46(66-67(7,8)53(4,5)6)42-27-29-45(59)49-43(42)28-30-48(61)58-49/h9-11,14-15,17-21,26-31,39-40,46,54,59H,12-13,16,22-25,32-34H2,1-8H3,(H,55,60)(H,56,63)(H,57,62)(H,58,61)/t39?,40?,46-/m0/s1. The van der Waals surface area contributed by atoms with Crippen LogP contribution in [0.5, 0.6) is 5.75 Å². The van der Waals surface area contributed by atoms with Crippen molar-refractivity contribution in [2.45, 2.75) is 142 Å². The van der Waals surface area contributed by atoms with Gasteiger partial charge < -0.3 is 39.9 Å². The molecule has 3 amide bonds. The number of ether oxygens (including phenoxy) is 2. The monoisotopic (exact) mass is 931 g/mol. The molecule has 13 nitrogen and oxygen atoms in total. The summed E-state index contributed by atoms with van der Waals surface area (Å²) in [5.74, 6) is -0.0205. The van der Waals surface area contributed by atoms with Crippen LogP contribution in [0.1, 0.15) is 108 Å². The van der Waals surface area contributed by atoms with E-state index in [0.717, 1.165) is 38.8 Å². The molecule has 1 aromatic heterocycles. The van der Waals surface area contributed by atoms with Crippen molar-refractivity contribution in [2.75, 3.05) is 11.9 Å². The molecule has 0 unspecified atom stereocenters. The molecule has 358 valence electrons. The fourth-order valence-electron chi connectivity index (χ4n) is 7.96. The Hall–Kier alpha value is -5.96. The van der Waals surface area contributed by atoms with Crippen LogP contribution in [0.15, 0.2) is 102 Å². The molecule has 6 N–H and O–H groups in total. The third-order valence-electron chi connectivity index (χ3n) is 12.6. The van der Waals surface area contributed by atoms with E-state index in [2.05, 4.69) is 72.2 Å². The number of hydrogen-bond donors (Lipinski definition) is 6. The summed E-state index contributed by atoms with van der Waals surface area (Å²) < 4.78 is 18.2. The number of aromatic nitrogens is 1. The van der Waals surface area contributed by atoms with Crippen LogP contribution in [-0.2, 0) is 38.2 Å². The molecule has 0 spiro atoms. The van der Waals surface area contributed by atoms with Crippen molar-refractivity contribution in [1.29, 1.82) is 0 Å². The predicted molar refractivity (Wildman–Crippen MR) is 268 cm³/mol. The largest absolute Gasteiger partial charge is 0.506 e. The number of phenols is 1. The van der Waals surface area contributed by atoms with Crippen molar-refractivity contribution in [3.63, 3.8) is 0 Å². The smallest absolute Gasteiger partial charge is 0.411 e. The molecule has 1 heterocycles. The van der Waals surface area contributed by atoms with Crippen LogP contribution in [0.2, 0.25) is 18.1 Å². The summed E-state index contributed by atoms with van der Waals surface area (Å²) in [4.78, 5) is 53.3. The van der Waals surface area contributed by atoms with Gasteiger partial charge in [0.25, 0.3) is 0 Å². The highest BCUT2D eigenvalue weighted by molar-refractivity contribution is 6.74. The Kier molecular flexibility index (Phi) is 16.7. The Morgan fingerprint density at radius 1 is 0.806 bits per heavy atom. The van der Waals surface area contributed by atoms with E-state index in [1.165, 1.54) is 6.07 Å². The van der Waals surface area contributed by atoms with Gasteiger partial charge in [-0.25, -0.2) is 9.59 Å². The van der Waals surface area contributed by atoms with Crippen molar-refractivity contribution in [1.82, 2.24) is 20.9 Å². The number of hydrogen-bond acceptors (Lipinski definition) is 9. The fourth-order valence-corrected chi connectivity index (χ4v) is 9.24. The third-order valence-corrected chi connectivity index (χ3v) is 17.1. The highest BCUT2D eigenvalue weighted by atomic mass is 28.4. The topological polar surface area (TPSA) is 180 Å². The quantitative estimate of drug-likeness (QED) is 0.0495. The minimum atomic E-state index is -2.22. The van der Waals surface area contributed by atoms with Gasteiger partial charge >= 0.3 is 12.2 Å². The van der Waals surface area contributed by atoms with Gasteiger partial charge in [0.2, 0.25) is 11.5 Å². The van der Waals surface area contributed by atoms with Crippen molar-refractivity contribution in [3.8, 4) is 16.9 Å². The van der Waals surface area contributed by atoms with Crippen molar-refractivity contribution >= 4 is 43.0 Å². The van der Waals surface area contributed by atoms with Gasteiger partial charge in [0.15, 0.2) is 8.32 Å². The summed E-state index contributed by atoms with van der Waals surface area (Å²) in [5.41, 5.74) is 5.98. The van der Waals surface area contributed by atoms with Crippen LogP contribution in [0.3, 0.4) is 0 Å². The van der Waals surface area contributed by atoms with E-state index in [1.54, 1.807) is 12.1 Å². The lowest BCUT2D eigenvalue weighted by atomic mass is 9.93. The first-order valence-corrected chi connectivity index (χ1v) is 26.4. The molecular weight excluding hydrogens is 863 g/mol. The average Bonchev–Trinajstić information content (AvgIpc) is 3.26. The summed E-state index contributed by atoms with van der Waals surface area (Å²) in [7, 11) is -2.22. The number of aromatic amines is 1. The predicted octanol–water partition coefficient (Wildman–Crippen LogP) is 10.8. The second-order valence-electron chi connectivity index (χ2n) is 20.1. The summed E-state index contributed by atoms with van der Waals surface area (Å²) in [6, 6.07) is 30.7. The van der Waals surface area contributed by atoms with Crippen LogP contribution in [0.4, 0.5) is 15.3 Å². The number of benzene rings is 4. The normalized spacial score (nSPS) is 15.9. The Labute approximate surface area is 395 Å². The molecule has 1 atom stereocenters. The number of carbonyl (C=O) groups excluding carboxylic acids is 3. The molecule has 6 rings (SSSR count). The second-order valence-corrected chi connectivity index (χ2v) is 24.9. The number of rotatable bonds is 17. The van der Waals surface area contributed by atoms with Crippen LogP contribution in [-0.4, -0.2) is 60.8 Å². The Bertz CT molecular complexity index is 2520. The van der Waals surface area contributed by atoms with Gasteiger partial charge in [-0.15, -0.1) is 0 Å². The highest BCUT2D eigenvalue weighted by Gasteiger charge is 2.40. The van der Waals surface area contributed by atoms with Crippen molar-refractivity contribution in [2.24, 2.45) is 0 Å². The Morgan fingerprint density at radius 3 is 2.15 bits per heavy atom. The molecule has 0 saturated heterocycles. The van der Waals surface area contributed by atoms with Gasteiger partial charge in [0, 0.05) is 49.1 Å². The number of phenolic OH excluding ortho intramolecular Hbond substituents is 1. The summed E-state index contributed by atoms with van der Waals surface area (Å²) in [6.45, 7) is 18.1. The lowest BCUT2D eigenvalue weighted by Gasteiger charge is -2.39. The number of amides is 3. The molecule has 1 saturated carbocycles. The van der Waals surface area contributed by atoms with E-state index in [1.807, 2.05) is 87.5 Å². The first kappa shape index (κ1) is 50.4. The zero-order valence-electron chi connectivity index (χ0n) is 40.3. The van der Waals surface area contributed by atoms with Crippen molar-refractivity contribution < 1.29 is 33.4 Å². The number of carbonyl (C=O) groups is 3. The lowest BCUT2D eigenvalue weighted by Crippen LogP contribution is -2.43. The minimum Gasteiger partial charge on any atom is -0.506 e. The first-order chi connectivity index (χ1) is 31.7. The van der Waals surface area contributed by atoms with Gasteiger partial charge in [-0.3, -0.25) is 14.9 Å². The highest BCUT2D eigenvalue weighted by Crippen LogP contribution is 2.41. The average molecular weight is 932 g/mol. The molecule has 1 fully saturated rings. The number of fused-ring (bicyclic) bond motifs is 1. The number of aromatic hydroxyl groups is 1. The lowest BCUT2D eigenvalue weighted by molar-refractivity contribution is -0.121. The van der Waals surface area contributed by atoms with E-state index in [4.69, 9.17) is 13.9 Å². The number of aryl methyl sites for hydroxylation is 1. The van der Waals surface area contributed by atoms with E-state index in [9.17, 15) is 24.3 Å². The van der Waals surface area contributed by atoms with E-state index in [-0.39, 0.29) is 40.5 Å². The maximum absolute atomic E-state index is 13.2. The molecule has 0 aliphatic heterocycles. The Morgan fingerprint density at radius 2 is 1.48 bits per heavy atom. The summed E-state index contributed by atoms with van der Waals surface area (Å²) in [5, 5.41) is 23.8. The number of pyridine rings is 1. The third kappa shape index (κ3) is 14.8. The zero-order valence-corrected chi connectivity index (χ0v) is 41.3. The van der Waals surface area contributed by atoms with Crippen LogP contribution in [0, 0.1) is 0 Å². The van der Waals surface area contributed by atoms with Gasteiger partial charge in [-0.1, -0.05) is 93.6 Å². The van der Waals surface area contributed by atoms with Gasteiger partial charge in [-0.2, -0.15) is 0 Å². The van der Waals surface area contributed by atoms with Gasteiger partial charge in [0.05, 0.1) is 17.3 Å². The first-order valence-electron chi connectivity index (χ1n) is 23.5. The van der Waals surface area contributed by atoms with E-state index >= 15 is 0 Å². The molecule has 0 bridgehead atoms. The number of alkyl carbamates (subject to hydrolysis) is 1. The zero-order chi connectivity index (χ0) is 48.4. The molecule has 0 radical (unpaired) electrons. The number of anilines is 1. The Balaban J connectivity index is 0.976. The number of nitrogens with one attached hydrogen (secondary N) is 5.